The Hall–Kier alpha value is -2.96. The number of nitrogens with one attached hydrogen (secondary N) is 1. The molecule has 1 atom stereocenters. The number of hydrogen-bond donors (Lipinski definition) is 1. The van der Waals surface area contributed by atoms with E-state index < -0.39 is 12.0 Å². The Morgan fingerprint density at radius 3 is 2.31 bits per heavy atom. The van der Waals surface area contributed by atoms with Crippen LogP contribution in [0.4, 0.5) is 0 Å². The van der Waals surface area contributed by atoms with Crippen LogP contribution in [-0.4, -0.2) is 33.2 Å². The van der Waals surface area contributed by atoms with Crippen molar-refractivity contribution < 1.29 is 28.2 Å². The third kappa shape index (κ3) is 4.36. The highest BCUT2D eigenvalue weighted by Crippen LogP contribution is 2.31. The first-order valence-corrected chi connectivity index (χ1v) is 8.06. The second-order valence-electron chi connectivity index (χ2n) is 5.75. The number of esters is 1. The van der Waals surface area contributed by atoms with Gasteiger partial charge in [0.1, 0.15) is 11.5 Å². The highest BCUT2D eigenvalue weighted by atomic mass is 16.5. The van der Waals surface area contributed by atoms with Crippen molar-refractivity contribution in [2.24, 2.45) is 0 Å². The molecule has 0 saturated carbocycles. The average Bonchev–Trinajstić information content (AvgIpc) is 2.98. The van der Waals surface area contributed by atoms with Crippen LogP contribution in [0.5, 0.6) is 11.5 Å². The van der Waals surface area contributed by atoms with E-state index in [-0.39, 0.29) is 12.3 Å². The number of benzene rings is 1. The number of carbonyl (C=O) groups excluding carboxylic acids is 2. The zero-order chi connectivity index (χ0) is 19.3. The molecule has 140 valence electrons. The number of ether oxygens (including phenoxy) is 3. The van der Waals surface area contributed by atoms with Crippen molar-refractivity contribution in [2.45, 2.75) is 26.3 Å². The number of methoxy groups -OCH3 is 3. The molecule has 0 unspecified atom stereocenters. The second kappa shape index (κ2) is 8.42. The van der Waals surface area contributed by atoms with E-state index >= 15 is 0 Å². The van der Waals surface area contributed by atoms with Crippen LogP contribution in [0.1, 0.15) is 39.9 Å². The molecule has 26 heavy (non-hydrogen) atoms. The molecule has 2 rings (SSSR count). The molecule has 2 aromatic rings. The third-order valence-corrected chi connectivity index (χ3v) is 4.00. The van der Waals surface area contributed by atoms with E-state index in [0.717, 1.165) is 0 Å². The highest BCUT2D eigenvalue weighted by Gasteiger charge is 2.23. The summed E-state index contributed by atoms with van der Waals surface area (Å²) in [6.07, 6.45) is -0.0202. The number of hydrogen-bond acceptors (Lipinski definition) is 6. The molecular weight excluding hydrogens is 338 g/mol. The number of rotatable bonds is 7. The number of furan rings is 1. The normalized spacial score (nSPS) is 11.6. The van der Waals surface area contributed by atoms with Crippen LogP contribution in [0.2, 0.25) is 0 Å². The van der Waals surface area contributed by atoms with E-state index in [1.807, 2.05) is 0 Å². The molecule has 0 aliphatic carbocycles. The summed E-state index contributed by atoms with van der Waals surface area (Å²) in [5.74, 6) is 1.45. The summed E-state index contributed by atoms with van der Waals surface area (Å²) in [5, 5.41) is 2.86. The molecule has 0 aliphatic heterocycles. The van der Waals surface area contributed by atoms with E-state index in [0.29, 0.717) is 34.1 Å². The highest BCUT2D eigenvalue weighted by molar-refractivity contribution is 5.95. The molecular formula is C19H23NO6. The summed E-state index contributed by atoms with van der Waals surface area (Å²) in [5.41, 5.74) is 1.12. The molecule has 1 N–H and O–H groups in total. The first kappa shape index (κ1) is 19.4. The van der Waals surface area contributed by atoms with Crippen molar-refractivity contribution in [3.63, 3.8) is 0 Å². The first-order valence-electron chi connectivity index (χ1n) is 8.06. The molecule has 0 bridgehead atoms. The van der Waals surface area contributed by atoms with Gasteiger partial charge in [-0.1, -0.05) is 6.07 Å². The smallest absolute Gasteiger partial charge is 0.307 e. The Balaban J connectivity index is 2.33. The zero-order valence-electron chi connectivity index (χ0n) is 15.5. The van der Waals surface area contributed by atoms with Gasteiger partial charge in [-0.15, -0.1) is 0 Å². The van der Waals surface area contributed by atoms with E-state index in [4.69, 9.17) is 18.6 Å². The molecule has 1 aromatic heterocycles. The van der Waals surface area contributed by atoms with E-state index in [2.05, 4.69) is 5.32 Å². The van der Waals surface area contributed by atoms with Crippen molar-refractivity contribution in [3.05, 3.63) is 46.9 Å². The fourth-order valence-electron chi connectivity index (χ4n) is 2.66. The standard InChI is InChI=1S/C19H23NO6/c1-11-8-14(12(2)26-11)19(22)20-15(10-18(21)25-5)13-6-7-16(23-3)17(9-13)24-4/h6-9,15H,10H2,1-5H3,(H,20,22)/t15-/m0/s1. The topological polar surface area (TPSA) is 87.0 Å². The second-order valence-corrected chi connectivity index (χ2v) is 5.75. The Bertz CT molecular complexity index is 795. The van der Waals surface area contributed by atoms with Crippen LogP contribution >= 0.6 is 0 Å². The maximum atomic E-state index is 12.6. The summed E-state index contributed by atoms with van der Waals surface area (Å²) < 4.78 is 20.7. The van der Waals surface area contributed by atoms with Crippen LogP contribution in [0.3, 0.4) is 0 Å². The fourth-order valence-corrected chi connectivity index (χ4v) is 2.66. The van der Waals surface area contributed by atoms with Gasteiger partial charge in [0.25, 0.3) is 5.91 Å². The van der Waals surface area contributed by atoms with Gasteiger partial charge >= 0.3 is 5.97 Å². The van der Waals surface area contributed by atoms with Gasteiger partial charge in [0.05, 0.1) is 39.4 Å². The monoisotopic (exact) mass is 361 g/mol. The van der Waals surface area contributed by atoms with Crippen molar-refractivity contribution in [2.75, 3.05) is 21.3 Å². The van der Waals surface area contributed by atoms with Gasteiger partial charge < -0.3 is 23.9 Å². The molecule has 1 aromatic carbocycles. The number of amides is 1. The third-order valence-electron chi connectivity index (χ3n) is 4.00. The predicted octanol–water partition coefficient (Wildman–Crippen LogP) is 2.95. The van der Waals surface area contributed by atoms with Crippen molar-refractivity contribution in [1.29, 1.82) is 0 Å². The fraction of sp³-hybridized carbons (Fsp3) is 0.368. The Labute approximate surface area is 152 Å². The van der Waals surface area contributed by atoms with Crippen LogP contribution in [0, 0.1) is 13.8 Å². The average molecular weight is 361 g/mol. The first-order chi connectivity index (χ1) is 12.4. The van der Waals surface area contributed by atoms with Gasteiger partial charge in [0.2, 0.25) is 0 Å². The lowest BCUT2D eigenvalue weighted by atomic mass is 10.0. The van der Waals surface area contributed by atoms with E-state index in [1.54, 1.807) is 38.1 Å². The summed E-state index contributed by atoms with van der Waals surface area (Å²) in [7, 11) is 4.36. The predicted molar refractivity (Wildman–Crippen MR) is 94.6 cm³/mol. The minimum Gasteiger partial charge on any atom is -0.493 e. The molecule has 0 spiro atoms. The van der Waals surface area contributed by atoms with Gasteiger partial charge in [-0.25, -0.2) is 0 Å². The van der Waals surface area contributed by atoms with Gasteiger partial charge in [-0.05, 0) is 37.6 Å². The molecule has 7 nitrogen and oxygen atoms in total. The molecule has 7 heteroatoms. The van der Waals surface area contributed by atoms with Crippen molar-refractivity contribution in [1.82, 2.24) is 5.32 Å². The maximum absolute atomic E-state index is 12.6. The lowest BCUT2D eigenvalue weighted by molar-refractivity contribution is -0.141. The molecule has 0 radical (unpaired) electrons. The summed E-state index contributed by atoms with van der Waals surface area (Å²) in [6, 6.07) is 6.28. The Morgan fingerprint density at radius 1 is 1.08 bits per heavy atom. The molecule has 0 saturated heterocycles. The molecule has 1 heterocycles. The van der Waals surface area contributed by atoms with Crippen molar-refractivity contribution >= 4 is 11.9 Å². The zero-order valence-corrected chi connectivity index (χ0v) is 15.5. The molecule has 0 aliphatic rings. The van der Waals surface area contributed by atoms with Crippen LogP contribution < -0.4 is 14.8 Å². The number of aryl methyl sites for hydroxylation is 2. The van der Waals surface area contributed by atoms with E-state index in [9.17, 15) is 9.59 Å². The van der Waals surface area contributed by atoms with Crippen LogP contribution in [0.15, 0.2) is 28.7 Å². The summed E-state index contributed by atoms with van der Waals surface area (Å²) >= 11 is 0. The van der Waals surface area contributed by atoms with Gasteiger partial charge in [-0.3, -0.25) is 9.59 Å². The van der Waals surface area contributed by atoms with Gasteiger partial charge in [0, 0.05) is 0 Å². The minimum absolute atomic E-state index is 0.0202. The Kier molecular flexibility index (Phi) is 6.27. The lowest BCUT2D eigenvalue weighted by Gasteiger charge is -2.19. The van der Waals surface area contributed by atoms with E-state index in [1.165, 1.54) is 21.3 Å². The van der Waals surface area contributed by atoms with Crippen molar-refractivity contribution in [3.8, 4) is 11.5 Å². The SMILES string of the molecule is COC(=O)C[C@H](NC(=O)c1cc(C)oc1C)c1ccc(OC)c(OC)c1. The van der Waals surface area contributed by atoms with Gasteiger partial charge in [-0.2, -0.15) is 0 Å². The lowest BCUT2D eigenvalue weighted by Crippen LogP contribution is -2.30. The summed E-state index contributed by atoms with van der Waals surface area (Å²) in [4.78, 5) is 24.4. The summed E-state index contributed by atoms with van der Waals surface area (Å²) in [6.45, 7) is 3.48. The molecule has 1 amide bonds. The largest absolute Gasteiger partial charge is 0.493 e. The quantitative estimate of drug-likeness (QED) is 0.763. The minimum atomic E-state index is -0.593. The maximum Gasteiger partial charge on any atom is 0.307 e. The van der Waals surface area contributed by atoms with Crippen LogP contribution in [-0.2, 0) is 9.53 Å². The number of carbonyl (C=O) groups is 2. The van der Waals surface area contributed by atoms with Gasteiger partial charge in [0.15, 0.2) is 11.5 Å². The Morgan fingerprint density at radius 2 is 1.77 bits per heavy atom. The van der Waals surface area contributed by atoms with Crippen LogP contribution in [0.25, 0.3) is 0 Å². The molecule has 0 fully saturated rings.